The summed E-state index contributed by atoms with van der Waals surface area (Å²) in [6, 6.07) is 10.2. The topological polar surface area (TPSA) is 49.9 Å². The molecule has 1 aliphatic heterocycles. The second-order valence-electron chi connectivity index (χ2n) is 9.26. The second kappa shape index (κ2) is 10.1. The van der Waals surface area contributed by atoms with E-state index in [1.165, 1.54) is 16.0 Å². The van der Waals surface area contributed by atoms with Gasteiger partial charge in [-0.05, 0) is 65.8 Å². The smallest absolute Gasteiger partial charge is 0.242 e. The lowest BCUT2D eigenvalue weighted by Gasteiger charge is -2.37. The molecule has 1 aromatic heterocycles. The van der Waals surface area contributed by atoms with Gasteiger partial charge in [-0.1, -0.05) is 32.9 Å². The average molecular weight is 455 g/mol. The number of thiophene rings is 1. The van der Waals surface area contributed by atoms with Crippen molar-refractivity contribution in [2.24, 2.45) is 5.92 Å². The van der Waals surface area contributed by atoms with Gasteiger partial charge in [-0.25, -0.2) is 0 Å². The van der Waals surface area contributed by atoms with Crippen LogP contribution in [0.5, 0.6) is 5.75 Å². The molecule has 172 valence electrons. The Morgan fingerprint density at radius 1 is 1.19 bits per heavy atom. The minimum atomic E-state index is -0.123. The number of hydrogen-bond donors (Lipinski definition) is 0. The predicted molar refractivity (Wildman–Crippen MR) is 128 cm³/mol. The summed E-state index contributed by atoms with van der Waals surface area (Å²) in [5.41, 5.74) is 2.47. The lowest BCUT2D eigenvalue weighted by molar-refractivity contribution is -0.142. The largest absolute Gasteiger partial charge is 0.491 e. The van der Waals surface area contributed by atoms with E-state index in [1.807, 2.05) is 24.0 Å². The van der Waals surface area contributed by atoms with E-state index in [0.717, 1.165) is 25.0 Å². The fraction of sp³-hybridized carbons (Fsp3) is 0.538. The molecule has 0 spiro atoms. The average Bonchev–Trinajstić information content (AvgIpc) is 3.48. The Kier molecular flexibility index (Phi) is 7.19. The fourth-order valence-electron chi connectivity index (χ4n) is 4.34. The van der Waals surface area contributed by atoms with Crippen LogP contribution >= 0.6 is 11.3 Å². The Morgan fingerprint density at radius 2 is 1.94 bits per heavy atom. The SMILES string of the molecule is CCC(=O)N(CC(=O)N1CCc2sccc2[C@@H]1COc1ccc(C(C)C)cc1)CC1CC1. The van der Waals surface area contributed by atoms with Gasteiger partial charge in [0.25, 0.3) is 0 Å². The van der Waals surface area contributed by atoms with Gasteiger partial charge in [0, 0.05) is 24.4 Å². The molecule has 2 amide bonds. The van der Waals surface area contributed by atoms with E-state index in [2.05, 4.69) is 37.4 Å². The standard InChI is InChI=1S/C26H34N2O3S/c1-4-25(29)27(15-19-5-6-19)16-26(30)28-13-11-24-22(12-14-32-24)23(28)17-31-21-9-7-20(8-10-21)18(2)3/h7-10,12,14,18-19,23H,4-6,11,13,15-17H2,1-3H3/t23-/m0/s1. The van der Waals surface area contributed by atoms with Gasteiger partial charge in [-0.3, -0.25) is 9.59 Å². The van der Waals surface area contributed by atoms with Gasteiger partial charge >= 0.3 is 0 Å². The Hall–Kier alpha value is -2.34. The summed E-state index contributed by atoms with van der Waals surface area (Å²) in [4.78, 5) is 30.9. The predicted octanol–water partition coefficient (Wildman–Crippen LogP) is 5.02. The maximum atomic E-state index is 13.4. The molecular formula is C26H34N2O3S. The van der Waals surface area contributed by atoms with Crippen molar-refractivity contribution in [3.63, 3.8) is 0 Å². The Morgan fingerprint density at radius 3 is 2.59 bits per heavy atom. The van der Waals surface area contributed by atoms with Gasteiger partial charge in [-0.2, -0.15) is 0 Å². The summed E-state index contributed by atoms with van der Waals surface area (Å²) in [5, 5.41) is 2.10. The summed E-state index contributed by atoms with van der Waals surface area (Å²) < 4.78 is 6.17. The number of amides is 2. The van der Waals surface area contributed by atoms with Crippen molar-refractivity contribution in [2.45, 2.75) is 58.4 Å². The van der Waals surface area contributed by atoms with Crippen molar-refractivity contribution in [3.8, 4) is 5.75 Å². The molecule has 0 radical (unpaired) electrons. The van der Waals surface area contributed by atoms with Crippen LogP contribution in [-0.4, -0.2) is 47.9 Å². The van der Waals surface area contributed by atoms with Crippen LogP contribution in [-0.2, 0) is 16.0 Å². The van der Waals surface area contributed by atoms with E-state index in [0.29, 0.717) is 38.0 Å². The third-order valence-electron chi connectivity index (χ3n) is 6.53. The molecule has 2 heterocycles. The normalized spacial score (nSPS) is 17.9. The van der Waals surface area contributed by atoms with Gasteiger partial charge in [-0.15, -0.1) is 11.3 Å². The lowest BCUT2D eigenvalue weighted by atomic mass is 10.00. The molecule has 0 saturated heterocycles. The summed E-state index contributed by atoms with van der Waals surface area (Å²) in [6.45, 7) is 8.18. The number of carbonyl (C=O) groups excluding carboxylic acids is 2. The van der Waals surface area contributed by atoms with Crippen LogP contribution in [0.4, 0.5) is 0 Å². The lowest BCUT2D eigenvalue weighted by Crippen LogP contribution is -2.48. The molecule has 5 nitrogen and oxygen atoms in total. The highest BCUT2D eigenvalue weighted by Gasteiger charge is 2.34. The summed E-state index contributed by atoms with van der Waals surface area (Å²) >= 11 is 1.75. The second-order valence-corrected chi connectivity index (χ2v) is 10.3. The summed E-state index contributed by atoms with van der Waals surface area (Å²) in [5.74, 6) is 1.95. The highest BCUT2D eigenvalue weighted by molar-refractivity contribution is 7.10. The third-order valence-corrected chi connectivity index (χ3v) is 7.52. The summed E-state index contributed by atoms with van der Waals surface area (Å²) in [6.07, 6.45) is 3.63. The van der Waals surface area contributed by atoms with Crippen LogP contribution in [0, 0.1) is 5.92 Å². The molecular weight excluding hydrogens is 420 g/mol. The molecule has 0 N–H and O–H groups in total. The van der Waals surface area contributed by atoms with Gasteiger partial charge in [0.15, 0.2) is 0 Å². The van der Waals surface area contributed by atoms with Crippen molar-refractivity contribution < 1.29 is 14.3 Å². The first-order valence-electron chi connectivity index (χ1n) is 11.8. The van der Waals surface area contributed by atoms with Crippen LogP contribution in [0.15, 0.2) is 35.7 Å². The van der Waals surface area contributed by atoms with Crippen molar-refractivity contribution in [1.82, 2.24) is 9.80 Å². The summed E-state index contributed by atoms with van der Waals surface area (Å²) in [7, 11) is 0. The first-order chi connectivity index (χ1) is 15.5. The van der Waals surface area contributed by atoms with E-state index < -0.39 is 0 Å². The van der Waals surface area contributed by atoms with Gasteiger partial charge in [0.1, 0.15) is 12.4 Å². The van der Waals surface area contributed by atoms with Crippen molar-refractivity contribution in [1.29, 1.82) is 0 Å². The van der Waals surface area contributed by atoms with Gasteiger partial charge < -0.3 is 14.5 Å². The molecule has 1 aliphatic carbocycles. The first kappa shape index (κ1) is 22.8. The van der Waals surface area contributed by atoms with E-state index in [9.17, 15) is 9.59 Å². The van der Waals surface area contributed by atoms with E-state index >= 15 is 0 Å². The number of hydrogen-bond acceptors (Lipinski definition) is 4. The van der Waals surface area contributed by atoms with Crippen LogP contribution in [0.25, 0.3) is 0 Å². The number of carbonyl (C=O) groups is 2. The highest BCUT2D eigenvalue weighted by Crippen LogP contribution is 2.35. The van der Waals surface area contributed by atoms with Crippen LogP contribution in [0.1, 0.15) is 68.0 Å². The first-order valence-corrected chi connectivity index (χ1v) is 12.7. The Balaban J connectivity index is 1.47. The maximum Gasteiger partial charge on any atom is 0.242 e. The molecule has 2 aliphatic rings. The molecule has 0 unspecified atom stereocenters. The fourth-order valence-corrected chi connectivity index (χ4v) is 5.27. The molecule has 1 atom stereocenters. The highest BCUT2D eigenvalue weighted by atomic mass is 32.1. The number of fused-ring (bicyclic) bond motifs is 1. The number of rotatable bonds is 9. The minimum Gasteiger partial charge on any atom is -0.491 e. The molecule has 32 heavy (non-hydrogen) atoms. The van der Waals surface area contributed by atoms with Gasteiger partial charge in [0.2, 0.25) is 11.8 Å². The molecule has 6 heteroatoms. The zero-order valence-electron chi connectivity index (χ0n) is 19.4. The maximum absolute atomic E-state index is 13.4. The Bertz CT molecular complexity index is 933. The van der Waals surface area contributed by atoms with Crippen LogP contribution < -0.4 is 4.74 Å². The third kappa shape index (κ3) is 5.34. The van der Waals surface area contributed by atoms with Crippen molar-refractivity contribution in [3.05, 3.63) is 51.7 Å². The molecule has 0 bridgehead atoms. The van der Waals surface area contributed by atoms with Crippen molar-refractivity contribution in [2.75, 3.05) is 26.2 Å². The molecule has 1 saturated carbocycles. The van der Waals surface area contributed by atoms with Crippen LogP contribution in [0.2, 0.25) is 0 Å². The van der Waals surface area contributed by atoms with Gasteiger partial charge in [0.05, 0.1) is 12.6 Å². The van der Waals surface area contributed by atoms with Crippen molar-refractivity contribution >= 4 is 23.2 Å². The quantitative estimate of drug-likeness (QED) is 0.534. The zero-order valence-corrected chi connectivity index (χ0v) is 20.2. The van der Waals surface area contributed by atoms with E-state index in [1.54, 1.807) is 16.2 Å². The number of nitrogens with zero attached hydrogens (tertiary/aromatic N) is 2. The molecule has 2 aromatic rings. The Labute approximate surface area is 195 Å². The zero-order chi connectivity index (χ0) is 22.7. The number of ether oxygens (including phenoxy) is 1. The van der Waals surface area contributed by atoms with Crippen LogP contribution in [0.3, 0.4) is 0 Å². The molecule has 1 fully saturated rings. The molecule has 1 aromatic carbocycles. The molecule has 4 rings (SSSR count). The minimum absolute atomic E-state index is 0.0213. The monoisotopic (exact) mass is 454 g/mol. The van der Waals surface area contributed by atoms with E-state index in [-0.39, 0.29) is 24.4 Å². The number of benzene rings is 1. The van der Waals surface area contributed by atoms with E-state index in [4.69, 9.17) is 4.74 Å².